The SMILES string of the molecule is CCC1CN(CCC(C)(C)OC)C2(CCCCC2)CN1. The molecule has 3 heteroatoms. The fraction of sp³-hybridized carbons (Fsp3) is 1.00. The van der Waals surface area contributed by atoms with Gasteiger partial charge in [-0.05, 0) is 39.5 Å². The van der Waals surface area contributed by atoms with Crippen LogP contribution in [0.25, 0.3) is 0 Å². The fourth-order valence-electron chi connectivity index (χ4n) is 3.78. The third-order valence-corrected chi connectivity index (χ3v) is 5.64. The molecule has 1 N–H and O–H groups in total. The summed E-state index contributed by atoms with van der Waals surface area (Å²) in [4.78, 5) is 2.80. The molecular weight excluding hydrogens is 248 g/mol. The Morgan fingerprint density at radius 2 is 1.95 bits per heavy atom. The molecule has 1 saturated carbocycles. The molecule has 1 aliphatic heterocycles. The molecule has 118 valence electrons. The molecule has 1 spiro atoms. The van der Waals surface area contributed by atoms with Crippen molar-refractivity contribution >= 4 is 0 Å². The van der Waals surface area contributed by atoms with Crippen molar-refractivity contribution in [3.63, 3.8) is 0 Å². The predicted molar refractivity (Wildman–Crippen MR) is 85.2 cm³/mol. The number of ether oxygens (including phenoxy) is 1. The number of hydrogen-bond acceptors (Lipinski definition) is 3. The highest BCUT2D eigenvalue weighted by Crippen LogP contribution is 2.36. The lowest BCUT2D eigenvalue weighted by molar-refractivity contribution is -0.0297. The van der Waals surface area contributed by atoms with Gasteiger partial charge in [0.15, 0.2) is 0 Å². The minimum atomic E-state index is 0.00242. The van der Waals surface area contributed by atoms with Crippen molar-refractivity contribution in [2.45, 2.75) is 82.9 Å². The van der Waals surface area contributed by atoms with Gasteiger partial charge in [0.25, 0.3) is 0 Å². The van der Waals surface area contributed by atoms with Gasteiger partial charge in [-0.1, -0.05) is 26.2 Å². The summed E-state index contributed by atoms with van der Waals surface area (Å²) >= 11 is 0. The summed E-state index contributed by atoms with van der Waals surface area (Å²) in [5.74, 6) is 0. The van der Waals surface area contributed by atoms with E-state index in [9.17, 15) is 0 Å². The highest BCUT2D eigenvalue weighted by molar-refractivity contribution is 5.00. The van der Waals surface area contributed by atoms with E-state index >= 15 is 0 Å². The van der Waals surface area contributed by atoms with Gasteiger partial charge >= 0.3 is 0 Å². The molecule has 2 rings (SSSR count). The lowest BCUT2D eigenvalue weighted by atomic mass is 9.78. The number of nitrogens with zero attached hydrogens (tertiary/aromatic N) is 1. The average Bonchev–Trinajstić information content (AvgIpc) is 2.47. The van der Waals surface area contributed by atoms with Crippen molar-refractivity contribution < 1.29 is 4.74 Å². The molecule has 0 aromatic carbocycles. The quantitative estimate of drug-likeness (QED) is 0.838. The lowest BCUT2D eigenvalue weighted by Crippen LogP contribution is -2.65. The molecular formula is C17H34N2O. The van der Waals surface area contributed by atoms with Crippen molar-refractivity contribution in [2.24, 2.45) is 0 Å². The predicted octanol–water partition coefficient (Wildman–Crippen LogP) is 3.19. The van der Waals surface area contributed by atoms with Gasteiger partial charge in [-0.3, -0.25) is 4.90 Å². The van der Waals surface area contributed by atoms with Gasteiger partial charge in [-0.25, -0.2) is 0 Å². The van der Waals surface area contributed by atoms with Gasteiger partial charge in [0.05, 0.1) is 5.60 Å². The van der Waals surface area contributed by atoms with E-state index in [0.29, 0.717) is 11.6 Å². The van der Waals surface area contributed by atoms with Crippen LogP contribution in [0.4, 0.5) is 0 Å². The van der Waals surface area contributed by atoms with Crippen LogP contribution in [-0.2, 0) is 4.74 Å². The second-order valence-electron chi connectivity index (χ2n) is 7.43. The van der Waals surface area contributed by atoms with Crippen LogP contribution in [0.3, 0.4) is 0 Å². The average molecular weight is 282 g/mol. The first-order valence-corrected chi connectivity index (χ1v) is 8.55. The molecule has 1 aliphatic carbocycles. The maximum absolute atomic E-state index is 5.62. The van der Waals surface area contributed by atoms with Crippen molar-refractivity contribution in [1.29, 1.82) is 0 Å². The van der Waals surface area contributed by atoms with Crippen molar-refractivity contribution in [3.05, 3.63) is 0 Å². The number of rotatable bonds is 5. The van der Waals surface area contributed by atoms with Crippen LogP contribution in [0.15, 0.2) is 0 Å². The van der Waals surface area contributed by atoms with E-state index in [2.05, 4.69) is 31.0 Å². The van der Waals surface area contributed by atoms with Gasteiger partial charge in [0.1, 0.15) is 0 Å². The van der Waals surface area contributed by atoms with Gasteiger partial charge in [-0.15, -0.1) is 0 Å². The topological polar surface area (TPSA) is 24.5 Å². The summed E-state index contributed by atoms with van der Waals surface area (Å²) in [6, 6.07) is 0.674. The molecule has 2 fully saturated rings. The number of methoxy groups -OCH3 is 1. The Hall–Kier alpha value is -0.120. The minimum absolute atomic E-state index is 0.00242. The van der Waals surface area contributed by atoms with Crippen molar-refractivity contribution in [3.8, 4) is 0 Å². The summed E-state index contributed by atoms with van der Waals surface area (Å²) < 4.78 is 5.62. The number of hydrogen-bond donors (Lipinski definition) is 1. The molecule has 1 saturated heterocycles. The largest absolute Gasteiger partial charge is 0.379 e. The second kappa shape index (κ2) is 6.76. The molecule has 2 aliphatic rings. The Morgan fingerprint density at radius 1 is 1.25 bits per heavy atom. The van der Waals surface area contributed by atoms with Gasteiger partial charge in [0.2, 0.25) is 0 Å². The zero-order valence-electron chi connectivity index (χ0n) is 14.0. The first-order chi connectivity index (χ1) is 9.51. The van der Waals surface area contributed by atoms with Crippen LogP contribution in [0.5, 0.6) is 0 Å². The number of nitrogens with one attached hydrogen (secondary N) is 1. The van der Waals surface area contributed by atoms with E-state index in [4.69, 9.17) is 4.74 Å². The Bertz CT molecular complexity index is 297. The van der Waals surface area contributed by atoms with Crippen LogP contribution < -0.4 is 5.32 Å². The van der Waals surface area contributed by atoms with Crippen LogP contribution >= 0.6 is 0 Å². The molecule has 0 amide bonds. The van der Waals surface area contributed by atoms with E-state index in [0.717, 1.165) is 6.42 Å². The molecule has 1 atom stereocenters. The molecule has 1 unspecified atom stereocenters. The molecule has 0 aromatic rings. The summed E-state index contributed by atoms with van der Waals surface area (Å²) in [5, 5.41) is 3.80. The smallest absolute Gasteiger partial charge is 0.0634 e. The molecule has 1 heterocycles. The zero-order valence-corrected chi connectivity index (χ0v) is 14.0. The molecule has 0 radical (unpaired) electrons. The normalized spacial score (nSPS) is 27.9. The zero-order chi connectivity index (χ0) is 14.6. The second-order valence-corrected chi connectivity index (χ2v) is 7.43. The first kappa shape index (κ1) is 16.3. The van der Waals surface area contributed by atoms with E-state index in [-0.39, 0.29) is 5.60 Å². The van der Waals surface area contributed by atoms with E-state index in [1.165, 1.54) is 58.2 Å². The molecule has 3 nitrogen and oxygen atoms in total. The van der Waals surface area contributed by atoms with Gasteiger partial charge in [-0.2, -0.15) is 0 Å². The minimum Gasteiger partial charge on any atom is -0.379 e. The Kier molecular flexibility index (Phi) is 5.49. The first-order valence-electron chi connectivity index (χ1n) is 8.55. The summed E-state index contributed by atoms with van der Waals surface area (Å²) in [5.41, 5.74) is 0.441. The Morgan fingerprint density at radius 3 is 2.55 bits per heavy atom. The molecule has 20 heavy (non-hydrogen) atoms. The highest BCUT2D eigenvalue weighted by Gasteiger charge is 2.41. The van der Waals surface area contributed by atoms with Crippen LogP contribution in [0.2, 0.25) is 0 Å². The third-order valence-electron chi connectivity index (χ3n) is 5.64. The van der Waals surface area contributed by atoms with Gasteiger partial charge < -0.3 is 10.1 Å². The van der Waals surface area contributed by atoms with E-state index < -0.39 is 0 Å². The fourth-order valence-corrected chi connectivity index (χ4v) is 3.78. The molecule has 0 aromatic heterocycles. The Balaban J connectivity index is 2.02. The maximum Gasteiger partial charge on any atom is 0.0634 e. The van der Waals surface area contributed by atoms with Crippen molar-refractivity contribution in [2.75, 3.05) is 26.7 Å². The summed E-state index contributed by atoms with van der Waals surface area (Å²) in [7, 11) is 1.84. The van der Waals surface area contributed by atoms with Crippen molar-refractivity contribution in [1.82, 2.24) is 10.2 Å². The highest BCUT2D eigenvalue weighted by atomic mass is 16.5. The van der Waals surface area contributed by atoms with E-state index in [1.54, 1.807) is 0 Å². The Labute approximate surface area is 125 Å². The van der Waals surface area contributed by atoms with Gasteiger partial charge in [0, 0.05) is 38.3 Å². The standard InChI is InChI=1S/C17H34N2O/c1-5-15-13-19(12-11-16(2,3)20-4)17(14-18-15)9-7-6-8-10-17/h15,18H,5-14H2,1-4H3. The van der Waals surface area contributed by atoms with Crippen LogP contribution in [0, 0.1) is 0 Å². The van der Waals surface area contributed by atoms with Crippen LogP contribution in [0.1, 0.15) is 65.7 Å². The third kappa shape index (κ3) is 3.75. The van der Waals surface area contributed by atoms with Crippen LogP contribution in [-0.4, -0.2) is 48.8 Å². The maximum atomic E-state index is 5.62. The summed E-state index contributed by atoms with van der Waals surface area (Å²) in [6.45, 7) is 10.3. The summed E-state index contributed by atoms with van der Waals surface area (Å²) in [6.07, 6.45) is 9.36. The molecule has 0 bridgehead atoms. The van der Waals surface area contributed by atoms with E-state index in [1.807, 2.05) is 7.11 Å². The number of piperazine rings is 1. The monoisotopic (exact) mass is 282 g/mol. The lowest BCUT2D eigenvalue weighted by Gasteiger charge is -2.52.